The summed E-state index contributed by atoms with van der Waals surface area (Å²) in [5, 5.41) is 36.2. The number of hydrogen-bond donors (Lipinski definition) is 3. The van der Waals surface area contributed by atoms with Crippen LogP contribution in [0.25, 0.3) is 0 Å². The molecule has 9 nitrogen and oxygen atoms in total. The van der Waals surface area contributed by atoms with Gasteiger partial charge in [-0.15, -0.1) is 0 Å². The Morgan fingerprint density at radius 2 is 1.67 bits per heavy atom. The molecule has 5 aliphatic carbocycles. The third kappa shape index (κ3) is 3.10. The van der Waals surface area contributed by atoms with Gasteiger partial charge in [-0.25, -0.2) is 4.79 Å². The number of Topliss-reactive ketones (excluding diaryl/α,β-unsaturated/α-hetero) is 1. The molecule has 7 rings (SSSR count). The highest BCUT2D eigenvalue weighted by Crippen LogP contribution is 2.81. The number of ketones is 1. The number of hydrogen-bond acceptors (Lipinski definition) is 9. The molecule has 9 heteroatoms. The normalized spacial score (nSPS) is 45.6. The summed E-state index contributed by atoms with van der Waals surface area (Å²) < 4.78 is 18.7. The largest absolute Gasteiger partial charge is 0.462 e. The highest BCUT2D eigenvalue weighted by Gasteiger charge is 2.87. The molecule has 226 valence electrons. The van der Waals surface area contributed by atoms with E-state index in [0.717, 1.165) is 12.8 Å². The maximum absolute atomic E-state index is 14.9. The van der Waals surface area contributed by atoms with E-state index in [1.165, 1.54) is 6.92 Å². The lowest BCUT2D eigenvalue weighted by molar-refractivity contribution is -0.420. The van der Waals surface area contributed by atoms with Crippen molar-refractivity contribution in [2.75, 3.05) is 0 Å². The van der Waals surface area contributed by atoms with Crippen LogP contribution >= 0.6 is 0 Å². The average molecular weight is 581 g/mol. The molecule has 10 atom stereocenters. The SMILES string of the molecule is CC(=O)O[C@H]1C[C@@H]2O[C@@H]3CC4(CC4)[C@@]4(C)C(=O)C(O)C5=C(C)[C@@H](O)C[C@@](O)([C@@H](OC(=O)c6ccccc6)C4C123)C5(C)C. The second-order valence-electron chi connectivity index (χ2n) is 14.4. The van der Waals surface area contributed by atoms with Crippen molar-refractivity contribution < 1.29 is 43.9 Å². The molecule has 3 unspecified atom stereocenters. The number of aliphatic hydroxyl groups excluding tert-OH is 2. The van der Waals surface area contributed by atoms with Gasteiger partial charge in [-0.1, -0.05) is 39.0 Å². The predicted molar refractivity (Wildman–Crippen MR) is 148 cm³/mol. The number of esters is 2. The van der Waals surface area contributed by atoms with E-state index in [1.54, 1.807) is 51.1 Å². The van der Waals surface area contributed by atoms with Crippen LogP contribution in [0.4, 0.5) is 0 Å². The molecule has 6 aliphatic rings. The standard InChI is InChI=1S/C33H40O9/c1-16-19(35)14-32(39)27(42-28(38)18-9-7-6-8-10-18)25-30(5,26(37)24(36)23(16)29(32,3)4)31(11-12-31)15-22-33(25)20(40-17(2)34)13-21(33)41-22/h6-10,19-22,24-25,27,35-36,39H,11-15H2,1-5H3/t19-,20-,21-,22+,24?,25?,27-,30+,32+,33?/m0/s1. The van der Waals surface area contributed by atoms with E-state index in [0.29, 0.717) is 18.4 Å². The number of carbonyl (C=O) groups is 3. The lowest BCUT2D eigenvalue weighted by Gasteiger charge is -2.77. The summed E-state index contributed by atoms with van der Waals surface area (Å²) >= 11 is 0. The molecule has 4 saturated carbocycles. The van der Waals surface area contributed by atoms with Gasteiger partial charge < -0.3 is 29.5 Å². The Hall–Kier alpha value is -2.59. The molecule has 1 heterocycles. The Morgan fingerprint density at radius 3 is 2.26 bits per heavy atom. The molecular formula is C33H40O9. The third-order valence-electron chi connectivity index (χ3n) is 12.7. The maximum Gasteiger partial charge on any atom is 0.338 e. The lowest BCUT2D eigenvalue weighted by Crippen LogP contribution is -2.86. The fourth-order valence-corrected chi connectivity index (χ4v) is 10.2. The minimum atomic E-state index is -1.89. The zero-order valence-electron chi connectivity index (χ0n) is 24.8. The van der Waals surface area contributed by atoms with Gasteiger partial charge in [-0.3, -0.25) is 9.59 Å². The van der Waals surface area contributed by atoms with Crippen LogP contribution in [0.1, 0.15) is 77.1 Å². The number of fused-ring (bicyclic) bond motifs is 4. The van der Waals surface area contributed by atoms with Gasteiger partial charge in [-0.2, -0.15) is 0 Å². The van der Waals surface area contributed by atoms with Gasteiger partial charge in [0.2, 0.25) is 0 Å². The van der Waals surface area contributed by atoms with Gasteiger partial charge in [0.15, 0.2) is 5.78 Å². The van der Waals surface area contributed by atoms with Gasteiger partial charge in [0.25, 0.3) is 0 Å². The van der Waals surface area contributed by atoms with E-state index in [9.17, 15) is 29.7 Å². The first-order valence-corrected chi connectivity index (χ1v) is 15.1. The van der Waals surface area contributed by atoms with Crippen molar-refractivity contribution in [3.8, 4) is 0 Å². The molecule has 5 fully saturated rings. The van der Waals surface area contributed by atoms with E-state index >= 15 is 0 Å². The van der Waals surface area contributed by atoms with Crippen molar-refractivity contribution in [3.05, 3.63) is 47.0 Å². The van der Waals surface area contributed by atoms with Crippen molar-refractivity contribution in [1.29, 1.82) is 0 Å². The average Bonchev–Trinajstić information content (AvgIpc) is 3.71. The minimum Gasteiger partial charge on any atom is -0.462 e. The topological polar surface area (TPSA) is 140 Å². The highest BCUT2D eigenvalue weighted by molar-refractivity contribution is 5.94. The van der Waals surface area contributed by atoms with Crippen LogP contribution in [0.3, 0.4) is 0 Å². The first-order chi connectivity index (χ1) is 19.7. The smallest absolute Gasteiger partial charge is 0.338 e. The van der Waals surface area contributed by atoms with Crippen molar-refractivity contribution in [2.45, 2.75) is 109 Å². The van der Waals surface area contributed by atoms with Crippen LogP contribution in [-0.4, -0.2) is 75.3 Å². The van der Waals surface area contributed by atoms with E-state index in [2.05, 4.69) is 0 Å². The van der Waals surface area contributed by atoms with Crippen LogP contribution in [-0.2, 0) is 23.8 Å². The van der Waals surface area contributed by atoms with Crippen LogP contribution in [0.15, 0.2) is 41.5 Å². The number of benzene rings is 1. The number of aliphatic hydroxyl groups is 3. The monoisotopic (exact) mass is 580 g/mol. The molecule has 1 aliphatic heterocycles. The van der Waals surface area contributed by atoms with Gasteiger partial charge in [0, 0.05) is 36.5 Å². The van der Waals surface area contributed by atoms with E-state index < -0.39 is 75.3 Å². The van der Waals surface area contributed by atoms with E-state index in [4.69, 9.17) is 14.2 Å². The molecule has 1 aromatic carbocycles. The Labute approximate surface area is 245 Å². The molecule has 42 heavy (non-hydrogen) atoms. The summed E-state index contributed by atoms with van der Waals surface area (Å²) in [7, 11) is 0. The van der Waals surface area contributed by atoms with Crippen molar-refractivity contribution in [2.24, 2.45) is 27.6 Å². The summed E-state index contributed by atoms with van der Waals surface area (Å²) in [6.07, 6.45) is -3.12. The van der Waals surface area contributed by atoms with Crippen molar-refractivity contribution in [1.82, 2.24) is 0 Å². The minimum absolute atomic E-state index is 0.160. The molecule has 2 bridgehead atoms. The molecule has 0 radical (unpaired) electrons. The van der Waals surface area contributed by atoms with Gasteiger partial charge in [0.1, 0.15) is 23.9 Å². The van der Waals surface area contributed by atoms with Crippen LogP contribution in [0.2, 0.25) is 0 Å². The second kappa shape index (κ2) is 8.52. The second-order valence-corrected chi connectivity index (χ2v) is 14.4. The number of ether oxygens (including phenoxy) is 3. The fraction of sp³-hybridized carbons (Fsp3) is 0.667. The zero-order chi connectivity index (χ0) is 30.2. The summed E-state index contributed by atoms with van der Waals surface area (Å²) in [6, 6.07) is 8.49. The van der Waals surface area contributed by atoms with Gasteiger partial charge in [0.05, 0.1) is 29.3 Å². The van der Waals surface area contributed by atoms with E-state index in [-0.39, 0.29) is 29.8 Å². The Kier molecular flexibility index (Phi) is 5.72. The molecule has 3 N–H and O–H groups in total. The number of rotatable bonds is 3. The van der Waals surface area contributed by atoms with Gasteiger partial charge in [-0.05, 0) is 54.9 Å². The first-order valence-electron chi connectivity index (χ1n) is 15.1. The first kappa shape index (κ1) is 28.2. The zero-order valence-corrected chi connectivity index (χ0v) is 24.8. The highest BCUT2D eigenvalue weighted by atomic mass is 16.6. The quantitative estimate of drug-likeness (QED) is 0.364. The van der Waals surface area contributed by atoms with Gasteiger partial charge >= 0.3 is 11.9 Å². The Balaban J connectivity index is 1.51. The Morgan fingerprint density at radius 1 is 1.00 bits per heavy atom. The van der Waals surface area contributed by atoms with E-state index in [1.807, 2.05) is 6.92 Å². The number of carbonyl (C=O) groups excluding carboxylic acids is 3. The summed E-state index contributed by atoms with van der Waals surface area (Å²) in [5.41, 5.74) is -4.84. The fourth-order valence-electron chi connectivity index (χ4n) is 10.2. The summed E-state index contributed by atoms with van der Waals surface area (Å²) in [4.78, 5) is 41.1. The lowest BCUT2D eigenvalue weighted by atomic mass is 9.34. The summed E-state index contributed by atoms with van der Waals surface area (Å²) in [6.45, 7) is 8.36. The van der Waals surface area contributed by atoms with Crippen LogP contribution < -0.4 is 0 Å². The third-order valence-corrected chi connectivity index (χ3v) is 12.7. The summed E-state index contributed by atoms with van der Waals surface area (Å²) in [5.74, 6) is -2.38. The predicted octanol–water partition coefficient (Wildman–Crippen LogP) is 2.89. The van der Waals surface area contributed by atoms with Crippen molar-refractivity contribution >= 4 is 17.7 Å². The van der Waals surface area contributed by atoms with Crippen molar-refractivity contribution in [3.63, 3.8) is 0 Å². The Bertz CT molecular complexity index is 1410. The molecule has 1 saturated heterocycles. The maximum atomic E-state index is 14.9. The molecule has 2 spiro atoms. The molecule has 1 aromatic rings. The van der Waals surface area contributed by atoms with Crippen LogP contribution in [0, 0.1) is 27.6 Å². The van der Waals surface area contributed by atoms with Crippen LogP contribution in [0.5, 0.6) is 0 Å². The molecule has 0 amide bonds. The molecular weight excluding hydrogens is 540 g/mol. The molecule has 0 aromatic heterocycles.